The summed E-state index contributed by atoms with van der Waals surface area (Å²) in [6.45, 7) is 10.9. The molecular weight excluding hydrogens is 449 g/mol. The molecule has 1 aliphatic rings. The molecule has 1 aromatic rings. The number of piperidine rings is 1. The summed E-state index contributed by atoms with van der Waals surface area (Å²) in [5, 5.41) is 7.07. The maximum Gasteiger partial charge on any atom is 0.191 e. The highest BCUT2D eigenvalue weighted by Crippen LogP contribution is 2.11. The Hall–Kier alpha value is -0.860. The molecule has 0 amide bonds. The van der Waals surface area contributed by atoms with Crippen molar-refractivity contribution >= 4 is 29.9 Å². The van der Waals surface area contributed by atoms with Crippen molar-refractivity contribution in [2.75, 3.05) is 40.3 Å². The van der Waals surface area contributed by atoms with Gasteiger partial charge in [0.25, 0.3) is 0 Å². The molecule has 0 aliphatic carbocycles. The van der Waals surface area contributed by atoms with Crippen LogP contribution in [0.15, 0.2) is 29.3 Å². The molecular formula is C21H38IN5. The average Bonchev–Trinajstić information content (AvgIpc) is 2.67. The summed E-state index contributed by atoms with van der Waals surface area (Å²) < 4.78 is 0. The van der Waals surface area contributed by atoms with E-state index in [0.29, 0.717) is 6.04 Å². The predicted molar refractivity (Wildman–Crippen MR) is 127 cm³/mol. The second kappa shape index (κ2) is 13.3. The van der Waals surface area contributed by atoms with E-state index in [2.05, 4.69) is 70.6 Å². The van der Waals surface area contributed by atoms with Gasteiger partial charge in [0, 0.05) is 39.3 Å². The number of nitrogens with zero attached hydrogens (tertiary/aromatic N) is 3. The zero-order chi connectivity index (χ0) is 18.8. The number of hydrogen-bond donors (Lipinski definition) is 2. The molecule has 5 nitrogen and oxygen atoms in total. The van der Waals surface area contributed by atoms with Crippen LogP contribution in [0.5, 0.6) is 0 Å². The molecule has 154 valence electrons. The Labute approximate surface area is 183 Å². The highest BCUT2D eigenvalue weighted by molar-refractivity contribution is 14.0. The lowest BCUT2D eigenvalue weighted by molar-refractivity contribution is 0.206. The van der Waals surface area contributed by atoms with E-state index >= 15 is 0 Å². The lowest BCUT2D eigenvalue weighted by Gasteiger charge is -2.32. The molecule has 27 heavy (non-hydrogen) atoms. The highest BCUT2D eigenvalue weighted by atomic mass is 127. The minimum Gasteiger partial charge on any atom is -0.354 e. The number of aliphatic imine (C=N–C) groups is 1. The van der Waals surface area contributed by atoms with E-state index in [9.17, 15) is 0 Å². The van der Waals surface area contributed by atoms with E-state index in [1.807, 2.05) is 7.05 Å². The summed E-state index contributed by atoms with van der Waals surface area (Å²) in [6, 6.07) is 9.34. The van der Waals surface area contributed by atoms with Crippen molar-refractivity contribution in [1.29, 1.82) is 0 Å². The smallest absolute Gasteiger partial charge is 0.191 e. The first-order chi connectivity index (χ1) is 12.6. The first kappa shape index (κ1) is 24.2. The van der Waals surface area contributed by atoms with Crippen molar-refractivity contribution < 1.29 is 0 Å². The maximum absolute atomic E-state index is 4.41. The summed E-state index contributed by atoms with van der Waals surface area (Å²) in [4.78, 5) is 9.29. The third-order valence-corrected chi connectivity index (χ3v) is 5.14. The average molecular weight is 487 g/mol. The van der Waals surface area contributed by atoms with Crippen LogP contribution < -0.4 is 10.6 Å². The number of nitrogens with one attached hydrogen (secondary N) is 2. The third-order valence-electron chi connectivity index (χ3n) is 5.14. The molecule has 0 spiro atoms. The minimum absolute atomic E-state index is 0. The molecule has 2 N–H and O–H groups in total. The number of hydrogen-bond acceptors (Lipinski definition) is 3. The summed E-state index contributed by atoms with van der Waals surface area (Å²) in [5.74, 6) is 0.912. The Balaban J connectivity index is 0.00000364. The number of halogens is 1. The summed E-state index contributed by atoms with van der Waals surface area (Å²) in [5.41, 5.74) is 2.66. The van der Waals surface area contributed by atoms with Gasteiger partial charge in [0.05, 0.1) is 0 Å². The number of guanidine groups is 1. The lowest BCUT2D eigenvalue weighted by Crippen LogP contribution is -2.48. The highest BCUT2D eigenvalue weighted by Gasteiger charge is 2.19. The quantitative estimate of drug-likeness (QED) is 0.336. The summed E-state index contributed by atoms with van der Waals surface area (Å²) in [6.07, 6.45) is 3.63. The first-order valence-corrected chi connectivity index (χ1v) is 10.1. The SMILES string of the molecule is CCCN1CCC(NC(=NC)NCc2cccc(CN(C)CC)c2)CC1.I. The fraction of sp³-hybridized carbons (Fsp3) is 0.667. The lowest BCUT2D eigenvalue weighted by atomic mass is 10.1. The van der Waals surface area contributed by atoms with Gasteiger partial charge in [-0.3, -0.25) is 4.99 Å². The van der Waals surface area contributed by atoms with Crippen molar-refractivity contribution in [3.8, 4) is 0 Å². The predicted octanol–water partition coefficient (Wildman–Crippen LogP) is 3.30. The van der Waals surface area contributed by atoms with E-state index in [0.717, 1.165) is 25.6 Å². The molecule has 0 radical (unpaired) electrons. The fourth-order valence-electron chi connectivity index (χ4n) is 3.45. The van der Waals surface area contributed by atoms with Crippen LogP contribution in [0.4, 0.5) is 0 Å². The van der Waals surface area contributed by atoms with Gasteiger partial charge in [-0.1, -0.05) is 38.1 Å². The fourth-order valence-corrected chi connectivity index (χ4v) is 3.45. The molecule has 0 unspecified atom stereocenters. The van der Waals surface area contributed by atoms with Gasteiger partial charge in [-0.2, -0.15) is 0 Å². The molecule has 0 atom stereocenters. The summed E-state index contributed by atoms with van der Waals surface area (Å²) >= 11 is 0. The van der Waals surface area contributed by atoms with Crippen molar-refractivity contribution in [2.45, 2.75) is 52.2 Å². The van der Waals surface area contributed by atoms with E-state index in [-0.39, 0.29) is 24.0 Å². The Morgan fingerprint density at radius 3 is 2.56 bits per heavy atom. The molecule has 1 fully saturated rings. The molecule has 1 heterocycles. The minimum atomic E-state index is 0. The number of benzene rings is 1. The first-order valence-electron chi connectivity index (χ1n) is 10.1. The van der Waals surface area contributed by atoms with Crippen LogP contribution in [0.2, 0.25) is 0 Å². The van der Waals surface area contributed by atoms with Crippen LogP contribution in [0, 0.1) is 0 Å². The largest absolute Gasteiger partial charge is 0.354 e. The second-order valence-electron chi connectivity index (χ2n) is 7.34. The van der Waals surface area contributed by atoms with Crippen molar-refractivity contribution in [3.05, 3.63) is 35.4 Å². The number of likely N-dealkylation sites (tertiary alicyclic amines) is 1. The summed E-state index contributed by atoms with van der Waals surface area (Å²) in [7, 11) is 4.01. The standard InChI is InChI=1S/C21H37N5.HI/c1-5-12-26-13-10-20(11-14-26)24-21(22-3)23-16-18-8-7-9-19(15-18)17-25(4)6-2;/h7-9,15,20H,5-6,10-14,16-17H2,1-4H3,(H2,22,23,24);1H. The van der Waals surface area contributed by atoms with Crippen molar-refractivity contribution in [2.24, 2.45) is 4.99 Å². The van der Waals surface area contributed by atoms with Crippen LogP contribution >= 0.6 is 24.0 Å². The molecule has 6 heteroatoms. The molecule has 0 saturated carbocycles. The van der Waals surface area contributed by atoms with E-state index < -0.39 is 0 Å². The third kappa shape index (κ3) is 8.79. The van der Waals surface area contributed by atoms with Gasteiger partial charge in [0.15, 0.2) is 5.96 Å². The van der Waals surface area contributed by atoms with Gasteiger partial charge < -0.3 is 20.4 Å². The molecule has 1 aromatic carbocycles. The Morgan fingerprint density at radius 1 is 1.22 bits per heavy atom. The molecule has 2 rings (SSSR count). The molecule has 1 aliphatic heterocycles. The van der Waals surface area contributed by atoms with Crippen LogP contribution in [0.25, 0.3) is 0 Å². The zero-order valence-corrected chi connectivity index (χ0v) is 19.8. The monoisotopic (exact) mass is 487 g/mol. The van der Waals surface area contributed by atoms with E-state index in [4.69, 9.17) is 0 Å². The second-order valence-corrected chi connectivity index (χ2v) is 7.34. The maximum atomic E-state index is 4.41. The van der Waals surface area contributed by atoms with Gasteiger partial charge in [-0.25, -0.2) is 0 Å². The Kier molecular flexibility index (Phi) is 11.9. The number of rotatable bonds is 8. The molecule has 0 aromatic heterocycles. The van der Waals surface area contributed by atoms with Gasteiger partial charge in [0.2, 0.25) is 0 Å². The van der Waals surface area contributed by atoms with Gasteiger partial charge in [-0.05, 0) is 50.5 Å². The van der Waals surface area contributed by atoms with Gasteiger partial charge in [-0.15, -0.1) is 24.0 Å². The topological polar surface area (TPSA) is 42.9 Å². The normalized spacial score (nSPS) is 16.3. The van der Waals surface area contributed by atoms with Crippen LogP contribution in [0.1, 0.15) is 44.2 Å². The van der Waals surface area contributed by atoms with Crippen molar-refractivity contribution in [1.82, 2.24) is 20.4 Å². The van der Waals surface area contributed by atoms with Gasteiger partial charge in [0.1, 0.15) is 0 Å². The van der Waals surface area contributed by atoms with Crippen molar-refractivity contribution in [3.63, 3.8) is 0 Å². The zero-order valence-electron chi connectivity index (χ0n) is 17.5. The van der Waals surface area contributed by atoms with Crippen LogP contribution in [-0.2, 0) is 13.1 Å². The Morgan fingerprint density at radius 2 is 1.93 bits per heavy atom. The van der Waals surface area contributed by atoms with Crippen LogP contribution in [-0.4, -0.2) is 62.1 Å². The van der Waals surface area contributed by atoms with E-state index in [1.54, 1.807) is 0 Å². The van der Waals surface area contributed by atoms with Crippen LogP contribution in [0.3, 0.4) is 0 Å². The Bertz CT molecular complexity index is 555. The molecule has 1 saturated heterocycles. The molecule has 0 bridgehead atoms. The van der Waals surface area contributed by atoms with Gasteiger partial charge >= 0.3 is 0 Å². The van der Waals surface area contributed by atoms with E-state index in [1.165, 1.54) is 50.0 Å².